The van der Waals surface area contributed by atoms with E-state index in [2.05, 4.69) is 10.0 Å². The molecule has 0 saturated carbocycles. The Morgan fingerprint density at radius 3 is 2.00 bits per heavy atom. The first-order chi connectivity index (χ1) is 10.9. The minimum absolute atomic E-state index is 0.129. The summed E-state index contributed by atoms with van der Waals surface area (Å²) in [5, 5.41) is 2.81. The first kappa shape index (κ1) is 20.6. The van der Waals surface area contributed by atoms with E-state index < -0.39 is 21.1 Å². The molecule has 0 aliphatic rings. The maximum atomic E-state index is 12.2. The van der Waals surface area contributed by atoms with Crippen LogP contribution in [-0.2, 0) is 10.0 Å². The number of amides is 1. The van der Waals surface area contributed by atoms with Crippen LogP contribution in [0.1, 0.15) is 57.8 Å². The quantitative estimate of drug-likeness (QED) is 0.696. The van der Waals surface area contributed by atoms with Crippen molar-refractivity contribution in [3.63, 3.8) is 0 Å². The number of benzene rings is 1. The van der Waals surface area contributed by atoms with Crippen molar-refractivity contribution in [2.45, 2.75) is 63.4 Å². The monoisotopic (exact) mass is 355 g/mol. The number of hydrogen-bond acceptors (Lipinski definition) is 4. The highest BCUT2D eigenvalue weighted by molar-refractivity contribution is 7.89. The van der Waals surface area contributed by atoms with Gasteiger partial charge in [0.1, 0.15) is 0 Å². The van der Waals surface area contributed by atoms with Gasteiger partial charge in [-0.05, 0) is 57.9 Å². The fraction of sp³-hybridized carbons (Fsp3) is 0.588. The second kappa shape index (κ2) is 7.63. The second-order valence-corrected chi connectivity index (χ2v) is 8.81. The third kappa shape index (κ3) is 5.89. The maximum absolute atomic E-state index is 12.2. The highest BCUT2D eigenvalue weighted by Crippen LogP contribution is 2.14. The van der Waals surface area contributed by atoms with E-state index in [0.29, 0.717) is 12.1 Å². The van der Waals surface area contributed by atoms with E-state index in [4.69, 9.17) is 5.73 Å². The van der Waals surface area contributed by atoms with Gasteiger partial charge >= 0.3 is 0 Å². The fourth-order valence-electron chi connectivity index (χ4n) is 2.11. The van der Waals surface area contributed by atoms with Crippen LogP contribution in [0.4, 0.5) is 0 Å². The third-order valence-electron chi connectivity index (χ3n) is 3.88. The van der Waals surface area contributed by atoms with Crippen LogP contribution in [0.3, 0.4) is 0 Å². The minimum atomic E-state index is -3.61. The van der Waals surface area contributed by atoms with Gasteiger partial charge in [-0.15, -0.1) is 0 Å². The molecule has 0 unspecified atom stereocenters. The van der Waals surface area contributed by atoms with E-state index in [1.54, 1.807) is 20.8 Å². The predicted octanol–water partition coefficient (Wildman–Crippen LogP) is 2.01. The predicted molar refractivity (Wildman–Crippen MR) is 96.4 cm³/mol. The van der Waals surface area contributed by atoms with Crippen molar-refractivity contribution in [1.29, 1.82) is 0 Å². The Balaban J connectivity index is 2.83. The van der Waals surface area contributed by atoms with Crippen LogP contribution in [0.25, 0.3) is 0 Å². The lowest BCUT2D eigenvalue weighted by Gasteiger charge is -2.26. The van der Waals surface area contributed by atoms with Gasteiger partial charge in [-0.25, -0.2) is 13.1 Å². The molecule has 0 saturated heterocycles. The first-order valence-electron chi connectivity index (χ1n) is 8.13. The Labute approximate surface area is 145 Å². The normalized spacial score (nSPS) is 12.9. The van der Waals surface area contributed by atoms with Gasteiger partial charge in [0, 0.05) is 23.2 Å². The zero-order chi connectivity index (χ0) is 18.6. The van der Waals surface area contributed by atoms with Gasteiger partial charge in [-0.1, -0.05) is 13.8 Å². The summed E-state index contributed by atoms with van der Waals surface area (Å²) in [6, 6.07) is 5.86. The average molecular weight is 356 g/mol. The Bertz CT molecular complexity index is 657. The van der Waals surface area contributed by atoms with Gasteiger partial charge in [-0.3, -0.25) is 4.79 Å². The van der Waals surface area contributed by atoms with Gasteiger partial charge in [0.05, 0.1) is 4.90 Å². The summed E-state index contributed by atoms with van der Waals surface area (Å²) in [5.74, 6) is -0.264. The molecule has 0 spiro atoms. The summed E-state index contributed by atoms with van der Waals surface area (Å²) in [6.07, 6.45) is 1.53. The van der Waals surface area contributed by atoms with Crippen molar-refractivity contribution in [2.75, 3.05) is 6.54 Å². The highest BCUT2D eigenvalue weighted by Gasteiger charge is 2.23. The van der Waals surface area contributed by atoms with E-state index in [1.807, 2.05) is 13.8 Å². The SMILES string of the molecule is CCC(N)(CC)CNC(=O)c1ccc(S(=O)(=O)NC(C)(C)C)cc1. The lowest BCUT2D eigenvalue weighted by atomic mass is 9.94. The molecule has 136 valence electrons. The summed E-state index contributed by atoms with van der Waals surface area (Å²) < 4.78 is 27.0. The zero-order valence-corrected chi connectivity index (χ0v) is 16.0. The first-order valence-corrected chi connectivity index (χ1v) is 9.62. The molecule has 0 aliphatic carbocycles. The van der Waals surface area contributed by atoms with E-state index in [0.717, 1.165) is 12.8 Å². The molecule has 6 nitrogen and oxygen atoms in total. The zero-order valence-electron chi connectivity index (χ0n) is 15.1. The Hall–Kier alpha value is -1.44. The molecule has 0 fully saturated rings. The summed E-state index contributed by atoms with van der Waals surface area (Å²) in [5.41, 5.74) is 5.57. The second-order valence-electron chi connectivity index (χ2n) is 7.13. The molecule has 0 heterocycles. The van der Waals surface area contributed by atoms with Crippen molar-refractivity contribution in [1.82, 2.24) is 10.0 Å². The molecule has 0 bridgehead atoms. The highest BCUT2D eigenvalue weighted by atomic mass is 32.2. The van der Waals surface area contributed by atoms with Crippen LogP contribution < -0.4 is 15.8 Å². The Morgan fingerprint density at radius 2 is 1.58 bits per heavy atom. The molecule has 1 aromatic rings. The molecule has 0 aliphatic heterocycles. The molecule has 1 rings (SSSR count). The summed E-state index contributed by atoms with van der Waals surface area (Å²) in [4.78, 5) is 12.3. The summed E-state index contributed by atoms with van der Waals surface area (Å²) in [7, 11) is -3.61. The van der Waals surface area contributed by atoms with Gasteiger partial charge in [0.25, 0.3) is 5.91 Å². The number of carbonyl (C=O) groups excluding carboxylic acids is 1. The average Bonchev–Trinajstić information content (AvgIpc) is 2.50. The molecule has 4 N–H and O–H groups in total. The van der Waals surface area contributed by atoms with Crippen LogP contribution >= 0.6 is 0 Å². The lowest BCUT2D eigenvalue weighted by Crippen LogP contribution is -2.49. The molecule has 0 atom stereocenters. The molecule has 0 radical (unpaired) electrons. The van der Waals surface area contributed by atoms with Crippen LogP contribution in [0.15, 0.2) is 29.2 Å². The number of nitrogens with one attached hydrogen (secondary N) is 2. The van der Waals surface area contributed by atoms with Crippen LogP contribution in [0.2, 0.25) is 0 Å². The van der Waals surface area contributed by atoms with Gasteiger partial charge in [0.15, 0.2) is 0 Å². The molecular weight excluding hydrogens is 326 g/mol. The third-order valence-corrected chi connectivity index (χ3v) is 5.65. The number of hydrogen-bond donors (Lipinski definition) is 3. The van der Waals surface area contributed by atoms with Gasteiger partial charge in [-0.2, -0.15) is 0 Å². The number of rotatable bonds is 7. The smallest absolute Gasteiger partial charge is 0.251 e. The topological polar surface area (TPSA) is 101 Å². The van der Waals surface area contributed by atoms with E-state index >= 15 is 0 Å². The molecule has 24 heavy (non-hydrogen) atoms. The number of sulfonamides is 1. The molecule has 0 aromatic heterocycles. The largest absolute Gasteiger partial charge is 0.350 e. The van der Waals surface area contributed by atoms with Crippen molar-refractivity contribution < 1.29 is 13.2 Å². The number of nitrogens with two attached hydrogens (primary N) is 1. The van der Waals surface area contributed by atoms with Crippen LogP contribution in [0, 0.1) is 0 Å². The summed E-state index contributed by atoms with van der Waals surface area (Å²) in [6.45, 7) is 9.66. The van der Waals surface area contributed by atoms with E-state index in [1.165, 1.54) is 24.3 Å². The van der Waals surface area contributed by atoms with Crippen molar-refractivity contribution >= 4 is 15.9 Å². The Morgan fingerprint density at radius 1 is 1.08 bits per heavy atom. The van der Waals surface area contributed by atoms with E-state index in [9.17, 15) is 13.2 Å². The van der Waals surface area contributed by atoms with Crippen molar-refractivity contribution in [3.8, 4) is 0 Å². The van der Waals surface area contributed by atoms with Crippen molar-refractivity contribution in [3.05, 3.63) is 29.8 Å². The number of carbonyl (C=O) groups is 1. The Kier molecular flexibility index (Phi) is 6.55. The molecule has 7 heteroatoms. The molecule has 1 amide bonds. The minimum Gasteiger partial charge on any atom is -0.350 e. The lowest BCUT2D eigenvalue weighted by molar-refractivity contribution is 0.0942. The molecular formula is C17H29N3O3S. The standard InChI is InChI=1S/C17H29N3O3S/c1-6-17(18,7-2)12-19-15(21)13-8-10-14(11-9-13)24(22,23)20-16(3,4)5/h8-11,20H,6-7,12,18H2,1-5H3,(H,19,21). The van der Waals surface area contributed by atoms with Crippen molar-refractivity contribution in [2.24, 2.45) is 5.73 Å². The van der Waals surface area contributed by atoms with E-state index in [-0.39, 0.29) is 10.8 Å². The van der Waals surface area contributed by atoms with Crippen LogP contribution in [-0.4, -0.2) is 31.9 Å². The van der Waals surface area contributed by atoms with Gasteiger partial charge in [0.2, 0.25) is 10.0 Å². The summed E-state index contributed by atoms with van der Waals surface area (Å²) >= 11 is 0. The van der Waals surface area contributed by atoms with Crippen LogP contribution in [0.5, 0.6) is 0 Å². The fourth-order valence-corrected chi connectivity index (χ4v) is 3.52. The maximum Gasteiger partial charge on any atom is 0.251 e. The van der Waals surface area contributed by atoms with Gasteiger partial charge < -0.3 is 11.1 Å². The molecule has 1 aromatic carbocycles.